The van der Waals surface area contributed by atoms with Crippen molar-refractivity contribution in [2.75, 3.05) is 13.7 Å². The van der Waals surface area contributed by atoms with Crippen LogP contribution in [0, 0.1) is 5.41 Å². The van der Waals surface area contributed by atoms with Gasteiger partial charge >= 0.3 is 0 Å². The van der Waals surface area contributed by atoms with Gasteiger partial charge in [-0.2, -0.15) is 0 Å². The summed E-state index contributed by atoms with van der Waals surface area (Å²) in [4.78, 5) is 4.14. The van der Waals surface area contributed by atoms with Gasteiger partial charge in [0, 0.05) is 19.6 Å². The number of hydrogen-bond acceptors (Lipinski definition) is 2. The first-order chi connectivity index (χ1) is 8.13. The molecule has 1 aromatic rings. The van der Waals surface area contributed by atoms with Gasteiger partial charge < -0.3 is 10.6 Å². The van der Waals surface area contributed by atoms with Crippen LogP contribution in [0.25, 0.3) is 0 Å². The number of hydrogen-bond donors (Lipinski definition) is 2. The summed E-state index contributed by atoms with van der Waals surface area (Å²) >= 11 is 0. The molecule has 0 aliphatic carbocycles. The van der Waals surface area contributed by atoms with E-state index in [0.717, 1.165) is 13.0 Å². The molecule has 0 saturated heterocycles. The second-order valence-electron chi connectivity index (χ2n) is 4.59. The van der Waals surface area contributed by atoms with Crippen LogP contribution in [-0.2, 0) is 6.54 Å². The monoisotopic (exact) mass is 232 g/mol. The fraction of sp³-hybridized carbons (Fsp3) is 0.462. The quantitative estimate of drug-likeness (QED) is 0.616. The van der Waals surface area contributed by atoms with E-state index in [2.05, 4.69) is 36.1 Å². The Morgan fingerprint density at radius 1 is 1.53 bits per heavy atom. The maximum Gasteiger partial charge on any atom is 0.189 e. The molecule has 1 heterocycles. The van der Waals surface area contributed by atoms with E-state index in [4.69, 9.17) is 11.1 Å². The Morgan fingerprint density at radius 2 is 2.24 bits per heavy atom. The van der Waals surface area contributed by atoms with Crippen molar-refractivity contribution in [3.63, 3.8) is 0 Å². The molecule has 0 aromatic heterocycles. The summed E-state index contributed by atoms with van der Waals surface area (Å²) < 4.78 is 0. The zero-order valence-corrected chi connectivity index (χ0v) is 10.5. The van der Waals surface area contributed by atoms with E-state index in [1.54, 1.807) is 4.90 Å². The number of fused-ring (bicyclic) bond motifs is 1. The highest BCUT2D eigenvalue weighted by Gasteiger charge is 2.28. The van der Waals surface area contributed by atoms with Crippen molar-refractivity contribution in [2.45, 2.75) is 25.9 Å². The third-order valence-corrected chi connectivity index (χ3v) is 3.42. The van der Waals surface area contributed by atoms with Crippen LogP contribution in [0.2, 0.25) is 0 Å². The van der Waals surface area contributed by atoms with Gasteiger partial charge in [-0.05, 0) is 17.5 Å². The van der Waals surface area contributed by atoms with Gasteiger partial charge in [0.2, 0.25) is 0 Å². The molecule has 0 radical (unpaired) electrons. The molecule has 0 amide bonds. The SMILES string of the molecule is CCC1c2ccccc2CN1CN(C)C(=N)N. The van der Waals surface area contributed by atoms with Crippen LogP contribution in [0.3, 0.4) is 0 Å². The lowest BCUT2D eigenvalue weighted by atomic mass is 10.0. The third kappa shape index (κ3) is 2.26. The summed E-state index contributed by atoms with van der Waals surface area (Å²) in [7, 11) is 1.86. The van der Waals surface area contributed by atoms with Crippen LogP contribution < -0.4 is 5.73 Å². The molecule has 0 saturated carbocycles. The Balaban J connectivity index is 2.15. The van der Waals surface area contributed by atoms with Crippen LogP contribution >= 0.6 is 0 Å². The van der Waals surface area contributed by atoms with E-state index >= 15 is 0 Å². The molecule has 0 bridgehead atoms. The maximum atomic E-state index is 7.43. The minimum Gasteiger partial charge on any atom is -0.370 e. The Bertz CT molecular complexity index is 416. The predicted octanol–water partition coefficient (Wildman–Crippen LogP) is 1.74. The Labute approximate surface area is 103 Å². The summed E-state index contributed by atoms with van der Waals surface area (Å²) in [6.45, 7) is 3.86. The van der Waals surface area contributed by atoms with Gasteiger partial charge in [0.05, 0.1) is 6.67 Å². The molecular formula is C13H20N4. The molecular weight excluding hydrogens is 212 g/mol. The van der Waals surface area contributed by atoms with E-state index in [0.29, 0.717) is 12.7 Å². The number of benzene rings is 1. The highest BCUT2D eigenvalue weighted by Crippen LogP contribution is 2.35. The van der Waals surface area contributed by atoms with E-state index in [9.17, 15) is 0 Å². The van der Waals surface area contributed by atoms with Crippen LogP contribution in [0.15, 0.2) is 24.3 Å². The molecule has 1 unspecified atom stereocenters. The summed E-state index contributed by atoms with van der Waals surface area (Å²) in [5.74, 6) is 0.121. The van der Waals surface area contributed by atoms with Crippen LogP contribution in [0.4, 0.5) is 0 Å². The van der Waals surface area contributed by atoms with Gasteiger partial charge in [0.1, 0.15) is 0 Å². The molecule has 92 valence electrons. The fourth-order valence-electron chi connectivity index (χ4n) is 2.50. The number of nitrogens with one attached hydrogen (secondary N) is 1. The van der Waals surface area contributed by atoms with E-state index in [-0.39, 0.29) is 5.96 Å². The number of nitrogens with two attached hydrogens (primary N) is 1. The number of rotatable bonds is 3. The lowest BCUT2D eigenvalue weighted by Crippen LogP contribution is -2.41. The second-order valence-corrected chi connectivity index (χ2v) is 4.59. The largest absolute Gasteiger partial charge is 0.370 e. The maximum absolute atomic E-state index is 7.43. The topological polar surface area (TPSA) is 56.4 Å². The number of guanidine groups is 1. The molecule has 4 nitrogen and oxygen atoms in total. The van der Waals surface area contributed by atoms with Crippen molar-refractivity contribution in [1.29, 1.82) is 5.41 Å². The predicted molar refractivity (Wildman–Crippen MR) is 69.6 cm³/mol. The van der Waals surface area contributed by atoms with Gasteiger partial charge in [0.15, 0.2) is 5.96 Å². The molecule has 1 aliphatic rings. The first kappa shape index (κ1) is 11.9. The molecule has 1 aliphatic heterocycles. The first-order valence-electron chi connectivity index (χ1n) is 6.00. The second kappa shape index (κ2) is 4.75. The highest BCUT2D eigenvalue weighted by atomic mass is 15.4. The Kier molecular flexibility index (Phi) is 3.33. The van der Waals surface area contributed by atoms with Gasteiger partial charge in [0.25, 0.3) is 0 Å². The van der Waals surface area contributed by atoms with Gasteiger partial charge in [-0.1, -0.05) is 31.2 Å². The van der Waals surface area contributed by atoms with Crippen LogP contribution in [0.5, 0.6) is 0 Å². The van der Waals surface area contributed by atoms with E-state index in [1.165, 1.54) is 11.1 Å². The molecule has 0 spiro atoms. The summed E-state index contributed by atoms with van der Waals surface area (Å²) in [5.41, 5.74) is 8.31. The molecule has 17 heavy (non-hydrogen) atoms. The van der Waals surface area contributed by atoms with Gasteiger partial charge in [-0.25, -0.2) is 0 Å². The van der Waals surface area contributed by atoms with Crippen molar-refractivity contribution in [2.24, 2.45) is 5.73 Å². The van der Waals surface area contributed by atoms with E-state index in [1.807, 2.05) is 7.05 Å². The Hall–Kier alpha value is -1.55. The molecule has 3 N–H and O–H groups in total. The summed E-state index contributed by atoms with van der Waals surface area (Å²) in [5, 5.41) is 7.43. The first-order valence-corrected chi connectivity index (χ1v) is 6.00. The van der Waals surface area contributed by atoms with Crippen molar-refractivity contribution < 1.29 is 0 Å². The van der Waals surface area contributed by atoms with Crippen molar-refractivity contribution >= 4 is 5.96 Å². The standard InChI is InChI=1S/C13H20N4/c1-3-12-11-7-5-4-6-10(11)8-17(12)9-16(2)13(14)15/h4-7,12H,3,8-9H2,1-2H3,(H3,14,15). The zero-order valence-electron chi connectivity index (χ0n) is 10.5. The zero-order chi connectivity index (χ0) is 12.4. The summed E-state index contributed by atoms with van der Waals surface area (Å²) in [6.07, 6.45) is 1.09. The lowest BCUT2D eigenvalue weighted by Gasteiger charge is -2.29. The highest BCUT2D eigenvalue weighted by molar-refractivity contribution is 5.74. The normalized spacial score (nSPS) is 19.1. The fourth-order valence-corrected chi connectivity index (χ4v) is 2.50. The van der Waals surface area contributed by atoms with Gasteiger partial charge in [-0.3, -0.25) is 10.3 Å². The van der Waals surface area contributed by atoms with Crippen molar-refractivity contribution in [3.8, 4) is 0 Å². The smallest absolute Gasteiger partial charge is 0.189 e. The Morgan fingerprint density at radius 3 is 2.88 bits per heavy atom. The van der Waals surface area contributed by atoms with Gasteiger partial charge in [-0.15, -0.1) is 0 Å². The minimum absolute atomic E-state index is 0.121. The van der Waals surface area contributed by atoms with E-state index < -0.39 is 0 Å². The minimum atomic E-state index is 0.121. The third-order valence-electron chi connectivity index (χ3n) is 3.42. The molecule has 0 fully saturated rings. The molecule has 1 aromatic carbocycles. The van der Waals surface area contributed by atoms with Crippen molar-refractivity contribution in [3.05, 3.63) is 35.4 Å². The van der Waals surface area contributed by atoms with Crippen molar-refractivity contribution in [1.82, 2.24) is 9.80 Å². The molecule has 4 heteroatoms. The average molecular weight is 232 g/mol. The summed E-state index contributed by atoms with van der Waals surface area (Å²) in [6, 6.07) is 9.03. The average Bonchev–Trinajstić information content (AvgIpc) is 2.65. The molecule has 1 atom stereocenters. The number of nitrogens with zero attached hydrogens (tertiary/aromatic N) is 2. The van der Waals surface area contributed by atoms with Crippen LogP contribution in [0.1, 0.15) is 30.5 Å². The lowest BCUT2D eigenvalue weighted by molar-refractivity contribution is 0.152. The van der Waals surface area contributed by atoms with Crippen LogP contribution in [-0.4, -0.2) is 29.5 Å². The molecule has 2 rings (SSSR count).